The van der Waals surface area contributed by atoms with E-state index in [4.69, 9.17) is 0 Å². The lowest BCUT2D eigenvalue weighted by atomic mass is 10.0. The predicted octanol–water partition coefficient (Wildman–Crippen LogP) is 2.65. The molecule has 0 atom stereocenters. The molecule has 3 rings (SSSR count). The Bertz CT molecular complexity index is 678. The quantitative estimate of drug-likeness (QED) is 0.805. The molecule has 110 valence electrons. The molecule has 1 aromatic heterocycles. The van der Waals surface area contributed by atoms with E-state index in [2.05, 4.69) is 10.3 Å². The molecule has 0 aliphatic heterocycles. The molecule has 1 fully saturated rings. The number of aromatic nitrogens is 1. The lowest BCUT2D eigenvalue weighted by molar-refractivity contribution is 0.0610. The van der Waals surface area contributed by atoms with Gasteiger partial charge in [-0.2, -0.15) is 0 Å². The fourth-order valence-corrected chi connectivity index (χ4v) is 2.96. The molecule has 1 saturated carbocycles. The molecule has 0 bridgehead atoms. The van der Waals surface area contributed by atoms with Gasteiger partial charge in [-0.15, -0.1) is 0 Å². The van der Waals surface area contributed by atoms with Crippen molar-refractivity contribution >= 4 is 22.6 Å². The highest BCUT2D eigenvalue weighted by Gasteiger charge is 2.31. The fourth-order valence-electron chi connectivity index (χ4n) is 2.96. The van der Waals surface area contributed by atoms with E-state index in [-0.39, 0.29) is 5.56 Å². The molecule has 1 aliphatic carbocycles. The molecule has 0 unspecified atom stereocenters. The predicted molar refractivity (Wildman–Crippen MR) is 80.6 cm³/mol. The Balaban J connectivity index is 1.98. The van der Waals surface area contributed by atoms with Crippen LogP contribution in [-0.4, -0.2) is 33.3 Å². The van der Waals surface area contributed by atoms with Crippen molar-refractivity contribution in [2.75, 3.05) is 11.9 Å². The molecule has 2 aromatic rings. The van der Waals surface area contributed by atoms with E-state index in [0.717, 1.165) is 36.6 Å². The second kappa shape index (κ2) is 5.33. The van der Waals surface area contributed by atoms with Crippen LogP contribution in [0.1, 0.15) is 36.0 Å². The molecule has 0 saturated heterocycles. The summed E-state index contributed by atoms with van der Waals surface area (Å²) in [5, 5.41) is 23.7. The number of aromatic carboxylic acids is 1. The molecule has 5 heteroatoms. The van der Waals surface area contributed by atoms with Crippen molar-refractivity contribution in [1.29, 1.82) is 0 Å². The number of fused-ring (bicyclic) bond motifs is 1. The summed E-state index contributed by atoms with van der Waals surface area (Å²) in [6.07, 6.45) is 4.91. The molecule has 1 aromatic carbocycles. The number of pyridine rings is 1. The maximum Gasteiger partial charge on any atom is 0.339 e. The Hall–Kier alpha value is -2.14. The number of aliphatic hydroxyl groups is 1. The largest absolute Gasteiger partial charge is 0.478 e. The van der Waals surface area contributed by atoms with Gasteiger partial charge in [0.1, 0.15) is 5.56 Å². The highest BCUT2D eigenvalue weighted by molar-refractivity contribution is 6.04. The zero-order valence-electron chi connectivity index (χ0n) is 11.7. The first kappa shape index (κ1) is 13.8. The molecule has 1 aliphatic rings. The van der Waals surface area contributed by atoms with Gasteiger partial charge in [-0.1, -0.05) is 31.0 Å². The first-order valence-electron chi connectivity index (χ1n) is 7.16. The standard InChI is InChI=1S/C16H18N2O3/c19-15(20)12-9-17-13-6-2-1-5-11(13)14(12)18-10-16(21)7-3-4-8-16/h1-2,5-6,9,21H,3-4,7-8,10H2,(H,17,18)(H,19,20). The topological polar surface area (TPSA) is 82.5 Å². The summed E-state index contributed by atoms with van der Waals surface area (Å²) in [5.74, 6) is -1.02. The van der Waals surface area contributed by atoms with Crippen molar-refractivity contribution in [1.82, 2.24) is 4.98 Å². The number of rotatable bonds is 4. The SMILES string of the molecule is O=C(O)c1cnc2ccccc2c1NCC1(O)CCCC1. The maximum atomic E-state index is 11.4. The minimum Gasteiger partial charge on any atom is -0.478 e. The van der Waals surface area contributed by atoms with Crippen LogP contribution in [0.5, 0.6) is 0 Å². The van der Waals surface area contributed by atoms with E-state index < -0.39 is 11.6 Å². The molecule has 21 heavy (non-hydrogen) atoms. The maximum absolute atomic E-state index is 11.4. The van der Waals surface area contributed by atoms with Gasteiger partial charge in [0.15, 0.2) is 0 Å². The van der Waals surface area contributed by atoms with E-state index in [1.807, 2.05) is 24.3 Å². The number of carboxylic acids is 1. The Morgan fingerprint density at radius 1 is 1.29 bits per heavy atom. The number of hydrogen-bond acceptors (Lipinski definition) is 4. The van der Waals surface area contributed by atoms with Gasteiger partial charge in [0.25, 0.3) is 0 Å². The van der Waals surface area contributed by atoms with Crippen molar-refractivity contribution in [3.8, 4) is 0 Å². The third-order valence-electron chi connectivity index (χ3n) is 4.13. The molecule has 0 radical (unpaired) electrons. The second-order valence-corrected chi connectivity index (χ2v) is 5.65. The van der Waals surface area contributed by atoms with Crippen molar-refractivity contribution in [2.24, 2.45) is 0 Å². The monoisotopic (exact) mass is 286 g/mol. The number of nitrogens with zero attached hydrogens (tertiary/aromatic N) is 1. The van der Waals surface area contributed by atoms with E-state index in [9.17, 15) is 15.0 Å². The van der Waals surface area contributed by atoms with Gasteiger partial charge in [-0.05, 0) is 18.9 Å². The van der Waals surface area contributed by atoms with Crippen LogP contribution >= 0.6 is 0 Å². The average Bonchev–Trinajstić information content (AvgIpc) is 2.91. The lowest BCUT2D eigenvalue weighted by Gasteiger charge is -2.24. The van der Waals surface area contributed by atoms with Crippen molar-refractivity contribution < 1.29 is 15.0 Å². The Labute approximate surface area is 122 Å². The minimum absolute atomic E-state index is 0.135. The van der Waals surface area contributed by atoms with Crippen molar-refractivity contribution in [2.45, 2.75) is 31.3 Å². The van der Waals surface area contributed by atoms with Gasteiger partial charge in [-0.3, -0.25) is 4.98 Å². The Kier molecular flexibility index (Phi) is 3.51. The zero-order chi connectivity index (χ0) is 14.9. The van der Waals surface area contributed by atoms with Gasteiger partial charge in [0, 0.05) is 18.1 Å². The van der Waals surface area contributed by atoms with E-state index in [0.29, 0.717) is 12.2 Å². The van der Waals surface area contributed by atoms with Crippen LogP contribution in [0.3, 0.4) is 0 Å². The van der Waals surface area contributed by atoms with E-state index >= 15 is 0 Å². The van der Waals surface area contributed by atoms with Gasteiger partial charge in [0.05, 0.1) is 16.8 Å². The summed E-state index contributed by atoms with van der Waals surface area (Å²) in [6.45, 7) is 0.362. The zero-order valence-corrected chi connectivity index (χ0v) is 11.7. The number of para-hydroxylation sites is 1. The third-order valence-corrected chi connectivity index (χ3v) is 4.13. The smallest absolute Gasteiger partial charge is 0.339 e. The average molecular weight is 286 g/mol. The molecule has 5 nitrogen and oxygen atoms in total. The third kappa shape index (κ3) is 2.69. The van der Waals surface area contributed by atoms with Crippen LogP contribution in [0.25, 0.3) is 10.9 Å². The van der Waals surface area contributed by atoms with Crippen LogP contribution in [0.4, 0.5) is 5.69 Å². The van der Waals surface area contributed by atoms with Gasteiger partial charge in [0.2, 0.25) is 0 Å². The minimum atomic E-state index is -1.02. The Morgan fingerprint density at radius 2 is 2.00 bits per heavy atom. The number of carbonyl (C=O) groups is 1. The Morgan fingerprint density at radius 3 is 2.71 bits per heavy atom. The number of benzene rings is 1. The highest BCUT2D eigenvalue weighted by Crippen LogP contribution is 2.32. The number of nitrogens with one attached hydrogen (secondary N) is 1. The van der Waals surface area contributed by atoms with Crippen LogP contribution in [0.15, 0.2) is 30.5 Å². The molecule has 1 heterocycles. The van der Waals surface area contributed by atoms with Crippen molar-refractivity contribution in [3.63, 3.8) is 0 Å². The molecular formula is C16H18N2O3. The van der Waals surface area contributed by atoms with Crippen LogP contribution in [0.2, 0.25) is 0 Å². The summed E-state index contributed by atoms with van der Waals surface area (Å²) in [4.78, 5) is 15.6. The van der Waals surface area contributed by atoms with Gasteiger partial charge >= 0.3 is 5.97 Å². The number of hydrogen-bond donors (Lipinski definition) is 3. The summed E-state index contributed by atoms with van der Waals surface area (Å²) in [5.41, 5.74) is 0.673. The molecule has 0 amide bonds. The summed E-state index contributed by atoms with van der Waals surface area (Å²) < 4.78 is 0. The summed E-state index contributed by atoms with van der Waals surface area (Å²) in [6, 6.07) is 7.40. The molecule has 3 N–H and O–H groups in total. The lowest BCUT2D eigenvalue weighted by Crippen LogP contribution is -2.33. The van der Waals surface area contributed by atoms with E-state index in [1.165, 1.54) is 6.20 Å². The number of carboxylic acid groups (broad SMARTS) is 1. The normalized spacial score (nSPS) is 17.0. The molecular weight excluding hydrogens is 268 g/mol. The summed E-state index contributed by atoms with van der Waals surface area (Å²) >= 11 is 0. The van der Waals surface area contributed by atoms with Crippen LogP contribution in [-0.2, 0) is 0 Å². The van der Waals surface area contributed by atoms with Crippen LogP contribution < -0.4 is 5.32 Å². The first-order valence-corrected chi connectivity index (χ1v) is 7.16. The van der Waals surface area contributed by atoms with E-state index in [1.54, 1.807) is 0 Å². The molecule has 0 spiro atoms. The van der Waals surface area contributed by atoms with Gasteiger partial charge < -0.3 is 15.5 Å². The van der Waals surface area contributed by atoms with Gasteiger partial charge in [-0.25, -0.2) is 4.79 Å². The fraction of sp³-hybridized carbons (Fsp3) is 0.375. The van der Waals surface area contributed by atoms with Crippen LogP contribution in [0, 0.1) is 0 Å². The first-order chi connectivity index (χ1) is 10.1. The second-order valence-electron chi connectivity index (χ2n) is 5.65. The van der Waals surface area contributed by atoms with Crippen molar-refractivity contribution in [3.05, 3.63) is 36.0 Å². The highest BCUT2D eigenvalue weighted by atomic mass is 16.4. The number of anilines is 1. The summed E-state index contributed by atoms with van der Waals surface area (Å²) in [7, 11) is 0.